The van der Waals surface area contributed by atoms with Gasteiger partial charge in [0.1, 0.15) is 24.2 Å². The Balaban J connectivity index is 1.69. The normalized spacial score (nSPS) is 10.0. The average Bonchev–Trinajstić information content (AvgIpc) is 2.69. The molecule has 0 saturated heterocycles. The minimum atomic E-state index is -0.628. The summed E-state index contributed by atoms with van der Waals surface area (Å²) in [6, 6.07) is 16.0. The molecule has 6 heteroatoms. The molecule has 3 rings (SSSR count). The zero-order chi connectivity index (χ0) is 18.4. The zero-order valence-corrected chi connectivity index (χ0v) is 13.6. The van der Waals surface area contributed by atoms with Gasteiger partial charge >= 0.3 is 0 Å². The maximum atomic E-state index is 13.4. The molecule has 0 aliphatic rings. The Morgan fingerprint density at radius 3 is 2.85 bits per heavy atom. The minimum Gasteiger partial charge on any atom is -0.489 e. The molecule has 0 fully saturated rings. The van der Waals surface area contributed by atoms with Crippen LogP contribution in [0.2, 0.25) is 0 Å². The van der Waals surface area contributed by atoms with Crippen molar-refractivity contribution in [3.05, 3.63) is 89.5 Å². The summed E-state index contributed by atoms with van der Waals surface area (Å²) in [6.07, 6.45) is 3.39. The van der Waals surface area contributed by atoms with Crippen molar-refractivity contribution >= 4 is 11.6 Å². The quantitative estimate of drug-likeness (QED) is 0.759. The van der Waals surface area contributed by atoms with Crippen LogP contribution in [0.3, 0.4) is 0 Å². The molecule has 0 radical (unpaired) electrons. The van der Waals surface area contributed by atoms with E-state index in [0.717, 1.165) is 11.6 Å². The van der Waals surface area contributed by atoms with Gasteiger partial charge in [-0.15, -0.1) is 0 Å². The molecule has 0 unspecified atom stereocenters. The minimum absolute atomic E-state index is 0.128. The van der Waals surface area contributed by atoms with Gasteiger partial charge in [0.25, 0.3) is 5.91 Å². The van der Waals surface area contributed by atoms with Gasteiger partial charge in [0.15, 0.2) is 0 Å². The third-order valence-electron chi connectivity index (χ3n) is 3.57. The van der Waals surface area contributed by atoms with Crippen molar-refractivity contribution in [3.8, 4) is 11.8 Å². The monoisotopic (exact) mass is 347 g/mol. The first-order valence-electron chi connectivity index (χ1n) is 7.78. The van der Waals surface area contributed by atoms with Crippen LogP contribution in [0.5, 0.6) is 5.75 Å². The van der Waals surface area contributed by atoms with Crippen LogP contribution in [0.25, 0.3) is 0 Å². The maximum absolute atomic E-state index is 13.4. The van der Waals surface area contributed by atoms with Crippen molar-refractivity contribution in [1.82, 2.24) is 4.98 Å². The van der Waals surface area contributed by atoms with Crippen molar-refractivity contribution in [2.24, 2.45) is 0 Å². The predicted molar refractivity (Wildman–Crippen MR) is 94.1 cm³/mol. The number of aromatic nitrogens is 1. The van der Waals surface area contributed by atoms with Gasteiger partial charge in [-0.1, -0.05) is 12.1 Å². The number of pyridine rings is 1. The lowest BCUT2D eigenvalue weighted by Gasteiger charge is -2.09. The molecular weight excluding hydrogens is 333 g/mol. The summed E-state index contributed by atoms with van der Waals surface area (Å²) in [7, 11) is 0. The summed E-state index contributed by atoms with van der Waals surface area (Å²) in [5.74, 6) is -0.470. The number of halogens is 1. The lowest BCUT2D eigenvalue weighted by molar-refractivity contribution is 0.102. The van der Waals surface area contributed by atoms with E-state index in [1.807, 2.05) is 12.1 Å². The van der Waals surface area contributed by atoms with Crippen LogP contribution in [0.1, 0.15) is 21.5 Å². The third-order valence-corrected chi connectivity index (χ3v) is 3.57. The SMILES string of the molecule is N#Cc1cc(NC(=O)c2cccc(OCc3cccnc3)c2)ccc1F. The topological polar surface area (TPSA) is 75.0 Å². The molecule has 26 heavy (non-hydrogen) atoms. The van der Waals surface area contributed by atoms with Gasteiger partial charge in [0, 0.05) is 29.2 Å². The van der Waals surface area contributed by atoms with E-state index in [1.54, 1.807) is 42.7 Å². The van der Waals surface area contributed by atoms with Gasteiger partial charge in [0.05, 0.1) is 5.56 Å². The van der Waals surface area contributed by atoms with E-state index >= 15 is 0 Å². The van der Waals surface area contributed by atoms with Gasteiger partial charge < -0.3 is 10.1 Å². The summed E-state index contributed by atoms with van der Waals surface area (Å²) < 4.78 is 19.0. The van der Waals surface area contributed by atoms with Crippen LogP contribution in [-0.4, -0.2) is 10.9 Å². The number of hydrogen-bond acceptors (Lipinski definition) is 4. The lowest BCUT2D eigenvalue weighted by atomic mass is 10.1. The fraction of sp³-hybridized carbons (Fsp3) is 0.0500. The second-order valence-electron chi connectivity index (χ2n) is 5.44. The smallest absolute Gasteiger partial charge is 0.255 e. The zero-order valence-electron chi connectivity index (χ0n) is 13.6. The maximum Gasteiger partial charge on any atom is 0.255 e. The molecule has 0 spiro atoms. The van der Waals surface area contributed by atoms with E-state index in [1.165, 1.54) is 12.1 Å². The summed E-state index contributed by atoms with van der Waals surface area (Å²) >= 11 is 0. The molecule has 128 valence electrons. The van der Waals surface area contributed by atoms with Crippen LogP contribution >= 0.6 is 0 Å². The second-order valence-corrected chi connectivity index (χ2v) is 5.44. The van der Waals surface area contributed by atoms with E-state index < -0.39 is 5.82 Å². The van der Waals surface area contributed by atoms with Crippen molar-refractivity contribution in [1.29, 1.82) is 5.26 Å². The van der Waals surface area contributed by atoms with Crippen molar-refractivity contribution in [3.63, 3.8) is 0 Å². The van der Waals surface area contributed by atoms with E-state index in [-0.39, 0.29) is 11.5 Å². The first-order valence-corrected chi connectivity index (χ1v) is 7.78. The van der Waals surface area contributed by atoms with Crippen LogP contribution < -0.4 is 10.1 Å². The Bertz CT molecular complexity index is 968. The molecule has 1 heterocycles. The number of ether oxygens (including phenoxy) is 1. The highest BCUT2D eigenvalue weighted by Crippen LogP contribution is 2.18. The molecular formula is C20H14FN3O2. The number of nitrogens with one attached hydrogen (secondary N) is 1. The van der Waals surface area contributed by atoms with Gasteiger partial charge in [-0.25, -0.2) is 4.39 Å². The molecule has 1 amide bonds. The third kappa shape index (κ3) is 4.22. The van der Waals surface area contributed by atoms with Crippen LogP contribution in [-0.2, 0) is 6.61 Å². The molecule has 1 N–H and O–H groups in total. The van der Waals surface area contributed by atoms with Crippen LogP contribution in [0.15, 0.2) is 67.0 Å². The molecule has 0 atom stereocenters. The molecule has 0 bridgehead atoms. The number of hydrogen-bond donors (Lipinski definition) is 1. The molecule has 1 aromatic heterocycles. The Labute approximate surface area is 149 Å². The van der Waals surface area contributed by atoms with Gasteiger partial charge in [0.2, 0.25) is 0 Å². The van der Waals surface area contributed by atoms with E-state index in [4.69, 9.17) is 10.00 Å². The first kappa shape index (κ1) is 17.1. The van der Waals surface area contributed by atoms with Gasteiger partial charge in [-0.05, 0) is 42.5 Å². The Kier molecular flexibility index (Phi) is 5.20. The number of rotatable bonds is 5. The average molecular weight is 347 g/mol. The number of nitriles is 1. The summed E-state index contributed by atoms with van der Waals surface area (Å²) in [5, 5.41) is 11.5. The van der Waals surface area contributed by atoms with Gasteiger partial charge in [-0.2, -0.15) is 5.26 Å². The van der Waals surface area contributed by atoms with E-state index in [2.05, 4.69) is 10.3 Å². The Morgan fingerprint density at radius 2 is 2.08 bits per heavy atom. The number of amides is 1. The van der Waals surface area contributed by atoms with Crippen molar-refractivity contribution < 1.29 is 13.9 Å². The first-order chi connectivity index (χ1) is 12.7. The largest absolute Gasteiger partial charge is 0.489 e. The Morgan fingerprint density at radius 1 is 1.19 bits per heavy atom. The van der Waals surface area contributed by atoms with Gasteiger partial charge in [-0.3, -0.25) is 9.78 Å². The highest BCUT2D eigenvalue weighted by Gasteiger charge is 2.09. The predicted octanol–water partition coefficient (Wildman–Crippen LogP) is 3.92. The lowest BCUT2D eigenvalue weighted by Crippen LogP contribution is -2.12. The van der Waals surface area contributed by atoms with Crippen molar-refractivity contribution in [2.75, 3.05) is 5.32 Å². The fourth-order valence-corrected chi connectivity index (χ4v) is 2.27. The van der Waals surface area contributed by atoms with Crippen LogP contribution in [0.4, 0.5) is 10.1 Å². The molecule has 0 aliphatic carbocycles. The molecule has 2 aromatic carbocycles. The number of nitrogens with zero attached hydrogens (tertiary/aromatic N) is 2. The molecule has 3 aromatic rings. The summed E-state index contributed by atoms with van der Waals surface area (Å²) in [5.41, 5.74) is 1.51. The Hall–Kier alpha value is -3.72. The fourth-order valence-electron chi connectivity index (χ4n) is 2.27. The standard InChI is InChI=1S/C20H14FN3O2/c21-19-7-6-17(9-16(19)11-22)24-20(25)15-4-1-5-18(10-15)26-13-14-3-2-8-23-12-14/h1-10,12H,13H2,(H,24,25). The summed E-state index contributed by atoms with van der Waals surface area (Å²) in [4.78, 5) is 16.4. The number of carbonyl (C=O) groups excluding carboxylic acids is 1. The molecule has 0 aliphatic heterocycles. The molecule has 5 nitrogen and oxygen atoms in total. The number of anilines is 1. The van der Waals surface area contributed by atoms with E-state index in [0.29, 0.717) is 23.6 Å². The van der Waals surface area contributed by atoms with Crippen LogP contribution in [0, 0.1) is 17.1 Å². The highest BCUT2D eigenvalue weighted by molar-refractivity contribution is 6.04. The number of benzene rings is 2. The second kappa shape index (κ2) is 7.90. The van der Waals surface area contributed by atoms with E-state index in [9.17, 15) is 9.18 Å². The molecule has 0 saturated carbocycles. The summed E-state index contributed by atoms with van der Waals surface area (Å²) in [6.45, 7) is 0.336. The highest BCUT2D eigenvalue weighted by atomic mass is 19.1. The number of carbonyl (C=O) groups is 1. The van der Waals surface area contributed by atoms with Crippen molar-refractivity contribution in [2.45, 2.75) is 6.61 Å².